The number of anilines is 2. The number of aryl methyl sites for hydroxylation is 1. The third kappa shape index (κ3) is 4.72. The van der Waals surface area contributed by atoms with E-state index >= 15 is 0 Å². The molecule has 4 rings (SSSR count). The second kappa shape index (κ2) is 9.15. The van der Waals surface area contributed by atoms with Crippen molar-refractivity contribution in [1.82, 2.24) is 30.0 Å². The molecule has 9 heteroatoms. The fourth-order valence-corrected chi connectivity index (χ4v) is 3.50. The number of carbonyl (C=O) groups is 1. The standard InChI is InChI=1S/C24H26N8O/c1-15-12-18-13-17(6-8-20(18)28-22(15)25)24(33)32(16(2)23-26-10-5-11-27-23)14-19-7-9-21(30-29-19)31(3)4/h5-13,16H,14H2,1-4H3,(H2,25,28)/t16-/m1/s1. The van der Waals surface area contributed by atoms with Gasteiger partial charge in [-0.15, -0.1) is 5.10 Å². The van der Waals surface area contributed by atoms with Crippen LogP contribution in [-0.4, -0.2) is 50.1 Å². The molecule has 9 nitrogen and oxygen atoms in total. The Kier molecular flexibility index (Phi) is 6.12. The largest absolute Gasteiger partial charge is 0.383 e. The Morgan fingerprint density at radius 2 is 1.82 bits per heavy atom. The van der Waals surface area contributed by atoms with Gasteiger partial charge in [-0.3, -0.25) is 4.79 Å². The van der Waals surface area contributed by atoms with Gasteiger partial charge >= 0.3 is 0 Å². The highest BCUT2D eigenvalue weighted by Crippen LogP contribution is 2.25. The number of fused-ring (bicyclic) bond motifs is 1. The molecule has 0 aliphatic rings. The average molecular weight is 443 g/mol. The van der Waals surface area contributed by atoms with Crippen LogP contribution in [0.3, 0.4) is 0 Å². The van der Waals surface area contributed by atoms with Gasteiger partial charge in [-0.2, -0.15) is 5.10 Å². The third-order valence-corrected chi connectivity index (χ3v) is 5.48. The SMILES string of the molecule is Cc1cc2cc(C(=O)N(Cc3ccc(N(C)C)nn3)[C@H](C)c3ncccn3)ccc2nc1N. The Morgan fingerprint density at radius 1 is 1.06 bits per heavy atom. The average Bonchev–Trinajstić information content (AvgIpc) is 2.83. The summed E-state index contributed by atoms with van der Waals surface area (Å²) in [5, 5.41) is 9.41. The van der Waals surface area contributed by atoms with Crippen LogP contribution in [-0.2, 0) is 6.54 Å². The zero-order chi connectivity index (χ0) is 23.5. The Bertz CT molecular complexity index is 1280. The van der Waals surface area contributed by atoms with Crippen molar-refractivity contribution in [1.29, 1.82) is 0 Å². The lowest BCUT2D eigenvalue weighted by atomic mass is 10.1. The van der Waals surface area contributed by atoms with Gasteiger partial charge < -0.3 is 15.5 Å². The van der Waals surface area contributed by atoms with Gasteiger partial charge in [0.1, 0.15) is 11.6 Å². The molecule has 0 unspecified atom stereocenters. The highest BCUT2D eigenvalue weighted by molar-refractivity contribution is 5.98. The molecule has 0 radical (unpaired) electrons. The quantitative estimate of drug-likeness (QED) is 0.484. The number of pyridine rings is 1. The zero-order valence-electron chi connectivity index (χ0n) is 19.1. The molecule has 4 aromatic rings. The van der Waals surface area contributed by atoms with Crippen LogP contribution >= 0.6 is 0 Å². The summed E-state index contributed by atoms with van der Waals surface area (Å²) in [5.74, 6) is 1.62. The van der Waals surface area contributed by atoms with E-state index in [-0.39, 0.29) is 18.5 Å². The number of benzene rings is 1. The molecule has 33 heavy (non-hydrogen) atoms. The van der Waals surface area contributed by atoms with E-state index in [0.717, 1.165) is 22.3 Å². The van der Waals surface area contributed by atoms with Crippen molar-refractivity contribution in [2.24, 2.45) is 0 Å². The molecule has 0 fully saturated rings. The normalized spacial score (nSPS) is 11.9. The van der Waals surface area contributed by atoms with Crippen LogP contribution in [0.15, 0.2) is 54.9 Å². The molecule has 1 amide bonds. The highest BCUT2D eigenvalue weighted by Gasteiger charge is 2.26. The minimum Gasteiger partial charge on any atom is -0.383 e. The lowest BCUT2D eigenvalue weighted by Gasteiger charge is -2.28. The first-order valence-electron chi connectivity index (χ1n) is 10.6. The maximum Gasteiger partial charge on any atom is 0.254 e. The third-order valence-electron chi connectivity index (χ3n) is 5.48. The fourth-order valence-electron chi connectivity index (χ4n) is 3.50. The van der Waals surface area contributed by atoms with Gasteiger partial charge in [-0.25, -0.2) is 15.0 Å². The van der Waals surface area contributed by atoms with Crippen molar-refractivity contribution in [3.63, 3.8) is 0 Å². The number of rotatable bonds is 6. The first-order chi connectivity index (χ1) is 15.8. The van der Waals surface area contributed by atoms with Crippen LogP contribution in [0.2, 0.25) is 0 Å². The summed E-state index contributed by atoms with van der Waals surface area (Å²) in [6.45, 7) is 4.06. The van der Waals surface area contributed by atoms with E-state index < -0.39 is 0 Å². The van der Waals surface area contributed by atoms with Crippen LogP contribution in [0.5, 0.6) is 0 Å². The van der Waals surface area contributed by atoms with Gasteiger partial charge in [0, 0.05) is 37.4 Å². The molecule has 0 aliphatic carbocycles. The molecule has 3 aromatic heterocycles. The minimum atomic E-state index is -0.379. The summed E-state index contributed by atoms with van der Waals surface area (Å²) in [7, 11) is 3.80. The van der Waals surface area contributed by atoms with E-state index in [1.165, 1.54) is 0 Å². The molecule has 0 saturated heterocycles. The van der Waals surface area contributed by atoms with Crippen molar-refractivity contribution in [2.45, 2.75) is 26.4 Å². The highest BCUT2D eigenvalue weighted by atomic mass is 16.2. The number of hydrogen-bond donors (Lipinski definition) is 1. The fraction of sp³-hybridized carbons (Fsp3) is 0.250. The summed E-state index contributed by atoms with van der Waals surface area (Å²) >= 11 is 0. The zero-order valence-corrected chi connectivity index (χ0v) is 19.1. The van der Waals surface area contributed by atoms with E-state index in [1.54, 1.807) is 29.4 Å². The number of nitrogen functional groups attached to an aromatic ring is 1. The molecular weight excluding hydrogens is 416 g/mol. The maximum atomic E-state index is 13.7. The van der Waals surface area contributed by atoms with Gasteiger partial charge in [-0.1, -0.05) is 0 Å². The van der Waals surface area contributed by atoms with E-state index in [1.807, 2.05) is 63.2 Å². The molecule has 0 spiro atoms. The number of amides is 1. The van der Waals surface area contributed by atoms with Crippen LogP contribution in [0.1, 0.15) is 40.4 Å². The van der Waals surface area contributed by atoms with Crippen LogP contribution in [0.25, 0.3) is 10.9 Å². The van der Waals surface area contributed by atoms with Crippen molar-refractivity contribution in [2.75, 3.05) is 24.7 Å². The van der Waals surface area contributed by atoms with Crippen LogP contribution in [0.4, 0.5) is 11.6 Å². The van der Waals surface area contributed by atoms with E-state index in [0.29, 0.717) is 22.9 Å². The molecule has 0 aliphatic heterocycles. The second-order valence-corrected chi connectivity index (χ2v) is 8.09. The Hall–Kier alpha value is -4.14. The molecule has 0 bridgehead atoms. The number of aromatic nitrogens is 5. The van der Waals surface area contributed by atoms with Crippen LogP contribution < -0.4 is 10.6 Å². The lowest BCUT2D eigenvalue weighted by Crippen LogP contribution is -2.34. The van der Waals surface area contributed by atoms with Crippen molar-refractivity contribution >= 4 is 28.4 Å². The number of hydrogen-bond acceptors (Lipinski definition) is 8. The van der Waals surface area contributed by atoms with Gasteiger partial charge in [0.25, 0.3) is 5.91 Å². The molecule has 1 aromatic carbocycles. The van der Waals surface area contributed by atoms with Gasteiger partial charge in [0.2, 0.25) is 0 Å². The first-order valence-corrected chi connectivity index (χ1v) is 10.6. The van der Waals surface area contributed by atoms with E-state index in [4.69, 9.17) is 5.73 Å². The molecule has 1 atom stereocenters. The smallest absolute Gasteiger partial charge is 0.254 e. The monoisotopic (exact) mass is 442 g/mol. The summed E-state index contributed by atoms with van der Waals surface area (Å²) < 4.78 is 0. The summed E-state index contributed by atoms with van der Waals surface area (Å²) in [6, 6.07) is 12.5. The summed E-state index contributed by atoms with van der Waals surface area (Å²) in [4.78, 5) is 30.4. The number of nitrogens with zero attached hydrogens (tertiary/aromatic N) is 7. The van der Waals surface area contributed by atoms with Crippen molar-refractivity contribution in [3.05, 3.63) is 77.5 Å². The van der Waals surface area contributed by atoms with E-state index in [9.17, 15) is 4.79 Å². The van der Waals surface area contributed by atoms with E-state index in [2.05, 4.69) is 25.1 Å². The van der Waals surface area contributed by atoms with Gasteiger partial charge in [0.15, 0.2) is 5.82 Å². The number of carbonyl (C=O) groups excluding carboxylic acids is 1. The first kappa shape index (κ1) is 22.1. The molecular formula is C24H26N8O. The predicted molar refractivity (Wildman–Crippen MR) is 128 cm³/mol. The Balaban J connectivity index is 1.70. The number of nitrogens with two attached hydrogens (primary N) is 1. The van der Waals surface area contributed by atoms with Crippen molar-refractivity contribution in [3.8, 4) is 0 Å². The molecule has 0 saturated carbocycles. The predicted octanol–water partition coefficient (Wildman–Crippen LogP) is 3.18. The summed E-state index contributed by atoms with van der Waals surface area (Å²) in [6.07, 6.45) is 3.34. The maximum absolute atomic E-state index is 13.7. The topological polar surface area (TPSA) is 114 Å². The Morgan fingerprint density at radius 3 is 2.48 bits per heavy atom. The molecule has 2 N–H and O–H groups in total. The van der Waals surface area contributed by atoms with Gasteiger partial charge in [0.05, 0.1) is 23.8 Å². The minimum absolute atomic E-state index is 0.162. The molecule has 3 heterocycles. The molecule has 168 valence electrons. The van der Waals surface area contributed by atoms with Crippen molar-refractivity contribution < 1.29 is 4.79 Å². The second-order valence-electron chi connectivity index (χ2n) is 8.09. The Labute approximate surface area is 192 Å². The van der Waals surface area contributed by atoms with Crippen LogP contribution in [0, 0.1) is 6.92 Å². The summed E-state index contributed by atoms with van der Waals surface area (Å²) in [5.41, 5.74) is 8.75. The van der Waals surface area contributed by atoms with Gasteiger partial charge in [-0.05, 0) is 61.9 Å². The lowest BCUT2D eigenvalue weighted by molar-refractivity contribution is 0.0663.